The number of aryl methyl sites for hydroxylation is 1. The van der Waals surface area contributed by atoms with E-state index < -0.39 is 11.9 Å². The number of hydrogen-bond acceptors (Lipinski definition) is 6. The van der Waals surface area contributed by atoms with Gasteiger partial charge in [0.15, 0.2) is 0 Å². The Morgan fingerprint density at radius 2 is 1.63 bits per heavy atom. The first-order chi connectivity index (χ1) is 14.4. The van der Waals surface area contributed by atoms with E-state index in [-0.39, 0.29) is 17.0 Å². The number of carbonyl (C=O) groups is 2. The van der Waals surface area contributed by atoms with Gasteiger partial charge >= 0.3 is 11.9 Å². The summed E-state index contributed by atoms with van der Waals surface area (Å²) in [6, 6.07) is 10.5. The number of allylic oxidation sites excluding steroid dienone is 2. The number of hydrogen-bond donors (Lipinski definition) is 1. The van der Waals surface area contributed by atoms with Gasteiger partial charge in [0.2, 0.25) is 0 Å². The van der Waals surface area contributed by atoms with Crippen LogP contribution in [0.1, 0.15) is 5.56 Å². The first-order valence-electron chi connectivity index (χ1n) is 9.03. The van der Waals surface area contributed by atoms with Crippen LogP contribution < -0.4 is 4.90 Å². The molecule has 0 atom stereocenters. The number of phenols is 1. The van der Waals surface area contributed by atoms with Crippen LogP contribution in [0, 0.1) is 6.92 Å². The van der Waals surface area contributed by atoms with Crippen LogP contribution >= 0.6 is 11.6 Å². The van der Waals surface area contributed by atoms with Crippen LogP contribution in [0.25, 0.3) is 11.1 Å². The molecule has 0 bridgehead atoms. The molecule has 0 saturated carbocycles. The number of methoxy groups -OCH3 is 2. The smallest absolute Gasteiger partial charge is 0.355 e. The van der Waals surface area contributed by atoms with E-state index in [0.717, 1.165) is 0 Å². The zero-order chi connectivity index (χ0) is 21.8. The van der Waals surface area contributed by atoms with Gasteiger partial charge < -0.3 is 19.5 Å². The average Bonchev–Trinajstić information content (AvgIpc) is 2.97. The van der Waals surface area contributed by atoms with Crippen molar-refractivity contribution >= 4 is 29.2 Å². The molecule has 6 nitrogen and oxygen atoms in total. The predicted octanol–water partition coefficient (Wildman–Crippen LogP) is 4.51. The van der Waals surface area contributed by atoms with Crippen molar-refractivity contribution in [2.75, 3.05) is 19.1 Å². The SMILES string of the molecule is COC(=O)C1=C(C(=O)OC)N(c2c(Cl)cccc2-c2cccc(C)c2O)C=CC=C1. The molecule has 0 spiro atoms. The number of anilines is 1. The highest BCUT2D eigenvalue weighted by Crippen LogP contribution is 2.43. The van der Waals surface area contributed by atoms with Crippen molar-refractivity contribution in [3.05, 3.63) is 82.7 Å². The van der Waals surface area contributed by atoms with Gasteiger partial charge in [0.25, 0.3) is 0 Å². The Kier molecular flexibility index (Phi) is 6.28. The normalized spacial score (nSPS) is 13.3. The molecule has 0 radical (unpaired) electrons. The van der Waals surface area contributed by atoms with Crippen LogP contribution in [0.15, 0.2) is 72.1 Å². The lowest BCUT2D eigenvalue weighted by Crippen LogP contribution is -2.27. The van der Waals surface area contributed by atoms with Gasteiger partial charge in [-0.2, -0.15) is 0 Å². The number of carbonyl (C=O) groups excluding carboxylic acids is 2. The lowest BCUT2D eigenvalue weighted by atomic mass is 9.99. The lowest BCUT2D eigenvalue weighted by Gasteiger charge is -2.27. The minimum atomic E-state index is -0.745. The van der Waals surface area contributed by atoms with E-state index in [9.17, 15) is 14.7 Å². The molecule has 30 heavy (non-hydrogen) atoms. The fourth-order valence-corrected chi connectivity index (χ4v) is 3.46. The minimum Gasteiger partial charge on any atom is -0.507 e. The van der Waals surface area contributed by atoms with Gasteiger partial charge in [0, 0.05) is 17.3 Å². The Morgan fingerprint density at radius 1 is 0.967 bits per heavy atom. The third-order valence-electron chi connectivity index (χ3n) is 4.64. The van der Waals surface area contributed by atoms with Crippen LogP contribution in [-0.2, 0) is 19.1 Å². The highest BCUT2D eigenvalue weighted by atomic mass is 35.5. The van der Waals surface area contributed by atoms with Gasteiger partial charge in [0.1, 0.15) is 11.4 Å². The topological polar surface area (TPSA) is 76.1 Å². The predicted molar refractivity (Wildman–Crippen MR) is 115 cm³/mol. The van der Waals surface area contributed by atoms with E-state index in [1.807, 2.05) is 6.07 Å². The summed E-state index contributed by atoms with van der Waals surface area (Å²) in [7, 11) is 2.45. The number of rotatable bonds is 4. The van der Waals surface area contributed by atoms with E-state index in [0.29, 0.717) is 27.4 Å². The van der Waals surface area contributed by atoms with Crippen LogP contribution in [0.3, 0.4) is 0 Å². The van der Waals surface area contributed by atoms with E-state index >= 15 is 0 Å². The second-order valence-electron chi connectivity index (χ2n) is 6.42. The number of ether oxygens (including phenoxy) is 2. The molecule has 1 heterocycles. The van der Waals surface area contributed by atoms with Crippen LogP contribution in [0.4, 0.5) is 5.69 Å². The summed E-state index contributed by atoms with van der Waals surface area (Å²) in [4.78, 5) is 26.6. The Bertz CT molecular complexity index is 1100. The molecule has 3 rings (SSSR count). The molecule has 2 aromatic carbocycles. The maximum atomic E-state index is 12.7. The lowest BCUT2D eigenvalue weighted by molar-refractivity contribution is -0.139. The molecule has 1 aliphatic rings. The first kappa shape index (κ1) is 21.2. The summed E-state index contributed by atoms with van der Waals surface area (Å²) in [5, 5.41) is 11.0. The highest BCUT2D eigenvalue weighted by molar-refractivity contribution is 6.34. The number of nitrogens with zero attached hydrogens (tertiary/aromatic N) is 1. The number of aromatic hydroxyl groups is 1. The number of para-hydroxylation sites is 2. The zero-order valence-corrected chi connectivity index (χ0v) is 17.4. The van der Waals surface area contributed by atoms with E-state index in [1.54, 1.807) is 55.6 Å². The number of halogens is 1. The number of phenolic OH excluding ortho intramolecular Hbond substituents is 1. The summed E-state index contributed by atoms with van der Waals surface area (Å²) in [5.74, 6) is -1.35. The number of benzene rings is 2. The molecule has 1 aliphatic heterocycles. The minimum absolute atomic E-state index is 0.00804. The van der Waals surface area contributed by atoms with Crippen molar-refractivity contribution in [3.8, 4) is 16.9 Å². The summed E-state index contributed by atoms with van der Waals surface area (Å²) in [5.41, 5.74) is 2.14. The van der Waals surface area contributed by atoms with Gasteiger partial charge in [-0.15, -0.1) is 0 Å². The van der Waals surface area contributed by atoms with Gasteiger partial charge in [-0.25, -0.2) is 9.59 Å². The third kappa shape index (κ3) is 3.82. The van der Waals surface area contributed by atoms with Crippen molar-refractivity contribution in [1.82, 2.24) is 0 Å². The Morgan fingerprint density at radius 3 is 2.33 bits per heavy atom. The summed E-state index contributed by atoms with van der Waals surface area (Å²) >= 11 is 6.56. The van der Waals surface area contributed by atoms with Crippen molar-refractivity contribution in [3.63, 3.8) is 0 Å². The van der Waals surface area contributed by atoms with E-state index in [1.165, 1.54) is 25.2 Å². The second kappa shape index (κ2) is 8.88. The monoisotopic (exact) mass is 425 g/mol. The standard InChI is InChI=1S/C23H20ClNO5/c1-14-8-6-11-16(21(14)26)15-10-7-12-18(24)19(15)25-13-5-4-9-17(22(27)29-2)20(25)23(28)30-3/h4-13,26H,1-3H3. The molecule has 2 aromatic rings. The van der Waals surface area contributed by atoms with Crippen molar-refractivity contribution in [1.29, 1.82) is 0 Å². The Labute approximate surface area is 179 Å². The van der Waals surface area contributed by atoms with E-state index in [4.69, 9.17) is 21.1 Å². The maximum Gasteiger partial charge on any atom is 0.355 e. The van der Waals surface area contributed by atoms with Gasteiger partial charge in [-0.05, 0) is 30.7 Å². The third-order valence-corrected chi connectivity index (χ3v) is 4.95. The summed E-state index contributed by atoms with van der Waals surface area (Å²) in [6.07, 6.45) is 6.32. The molecule has 0 saturated heterocycles. The van der Waals surface area contributed by atoms with Gasteiger partial charge in [-0.1, -0.05) is 48.0 Å². The zero-order valence-electron chi connectivity index (χ0n) is 16.7. The molecule has 1 N–H and O–H groups in total. The molecule has 0 unspecified atom stereocenters. The average molecular weight is 426 g/mol. The highest BCUT2D eigenvalue weighted by Gasteiger charge is 2.30. The molecule has 0 amide bonds. The largest absolute Gasteiger partial charge is 0.507 e. The van der Waals surface area contributed by atoms with Crippen LogP contribution in [0.5, 0.6) is 5.75 Å². The molecule has 0 aromatic heterocycles. The first-order valence-corrected chi connectivity index (χ1v) is 9.41. The van der Waals surface area contributed by atoms with Crippen molar-refractivity contribution in [2.45, 2.75) is 6.92 Å². The molecule has 154 valence electrons. The molecule has 0 aliphatic carbocycles. The van der Waals surface area contributed by atoms with Crippen LogP contribution in [0.2, 0.25) is 5.02 Å². The fraction of sp³-hybridized carbons (Fsp3) is 0.130. The Balaban J connectivity index is 2.35. The molecular formula is C23H20ClNO5. The molecular weight excluding hydrogens is 406 g/mol. The molecule has 7 heteroatoms. The number of esters is 2. The Hall–Kier alpha value is -3.51. The van der Waals surface area contributed by atoms with Gasteiger partial charge in [0.05, 0.1) is 30.5 Å². The van der Waals surface area contributed by atoms with Gasteiger partial charge in [-0.3, -0.25) is 0 Å². The maximum absolute atomic E-state index is 12.7. The fourth-order valence-electron chi connectivity index (χ4n) is 3.19. The van der Waals surface area contributed by atoms with Crippen molar-refractivity contribution in [2.24, 2.45) is 0 Å². The van der Waals surface area contributed by atoms with E-state index in [2.05, 4.69) is 0 Å². The molecule has 0 fully saturated rings. The summed E-state index contributed by atoms with van der Waals surface area (Å²) < 4.78 is 9.79. The summed E-state index contributed by atoms with van der Waals surface area (Å²) in [6.45, 7) is 1.79. The van der Waals surface area contributed by atoms with Crippen LogP contribution in [-0.4, -0.2) is 31.3 Å². The quantitative estimate of drug-likeness (QED) is 0.726. The van der Waals surface area contributed by atoms with Crippen molar-refractivity contribution < 1.29 is 24.2 Å². The second-order valence-corrected chi connectivity index (χ2v) is 6.83.